The molecule has 0 fully saturated rings. The molecular formula is C18H31IN4O3. The number of nitrogens with one attached hydrogen (secondary N) is 3. The van der Waals surface area contributed by atoms with Crippen molar-refractivity contribution in [3.63, 3.8) is 0 Å². The van der Waals surface area contributed by atoms with E-state index in [1.165, 1.54) is 0 Å². The molecule has 0 aromatic heterocycles. The minimum Gasteiger partial charge on any atom is -0.493 e. The number of ether oxygens (including phenoxy) is 2. The molecule has 0 spiro atoms. The van der Waals surface area contributed by atoms with Gasteiger partial charge in [0.1, 0.15) is 0 Å². The van der Waals surface area contributed by atoms with Crippen LogP contribution in [-0.4, -0.2) is 45.2 Å². The van der Waals surface area contributed by atoms with Gasteiger partial charge in [-0.05, 0) is 26.0 Å². The molecule has 26 heavy (non-hydrogen) atoms. The van der Waals surface area contributed by atoms with Crippen molar-refractivity contribution in [1.82, 2.24) is 10.6 Å². The number of amides is 1. The maximum absolute atomic E-state index is 11.5. The molecule has 0 aliphatic heterocycles. The van der Waals surface area contributed by atoms with Crippen LogP contribution in [0.15, 0.2) is 23.2 Å². The van der Waals surface area contributed by atoms with Gasteiger partial charge in [-0.3, -0.25) is 9.79 Å². The quantitative estimate of drug-likeness (QED) is 0.220. The summed E-state index contributed by atoms with van der Waals surface area (Å²) in [5.41, 5.74) is 0.839. The van der Waals surface area contributed by atoms with Crippen molar-refractivity contribution in [2.24, 2.45) is 10.9 Å². The minimum atomic E-state index is -0.0216. The van der Waals surface area contributed by atoms with Crippen molar-refractivity contribution in [2.45, 2.75) is 27.7 Å². The number of hydrogen-bond donors (Lipinski definition) is 3. The highest BCUT2D eigenvalue weighted by Gasteiger charge is 2.07. The van der Waals surface area contributed by atoms with Gasteiger partial charge in [-0.25, -0.2) is 0 Å². The predicted molar refractivity (Wildman–Crippen MR) is 117 cm³/mol. The fourth-order valence-electron chi connectivity index (χ4n) is 2.01. The molecule has 0 atom stereocenters. The third-order valence-corrected chi connectivity index (χ3v) is 3.28. The molecule has 0 saturated heterocycles. The van der Waals surface area contributed by atoms with Crippen LogP contribution < -0.4 is 25.4 Å². The topological polar surface area (TPSA) is 84.0 Å². The highest BCUT2D eigenvalue weighted by molar-refractivity contribution is 14.0. The lowest BCUT2D eigenvalue weighted by Gasteiger charge is -2.14. The zero-order valence-corrected chi connectivity index (χ0v) is 18.5. The van der Waals surface area contributed by atoms with Gasteiger partial charge in [0.2, 0.25) is 5.91 Å². The van der Waals surface area contributed by atoms with Gasteiger partial charge in [-0.1, -0.05) is 13.8 Å². The van der Waals surface area contributed by atoms with Crippen molar-refractivity contribution in [1.29, 1.82) is 0 Å². The Hall–Kier alpha value is -1.71. The largest absolute Gasteiger partial charge is 0.493 e. The maximum Gasteiger partial charge on any atom is 0.222 e. The van der Waals surface area contributed by atoms with E-state index in [0.29, 0.717) is 37.2 Å². The van der Waals surface area contributed by atoms with Crippen molar-refractivity contribution in [3.8, 4) is 11.5 Å². The van der Waals surface area contributed by atoms with E-state index in [-0.39, 0.29) is 35.8 Å². The summed E-state index contributed by atoms with van der Waals surface area (Å²) < 4.78 is 10.9. The van der Waals surface area contributed by atoms with Crippen molar-refractivity contribution in [2.75, 3.05) is 38.7 Å². The number of methoxy groups -OCH3 is 1. The minimum absolute atomic E-state index is 0. The van der Waals surface area contributed by atoms with E-state index in [0.717, 1.165) is 12.2 Å². The normalized spacial score (nSPS) is 10.8. The molecule has 0 bridgehead atoms. The molecule has 1 amide bonds. The van der Waals surface area contributed by atoms with Gasteiger partial charge >= 0.3 is 0 Å². The van der Waals surface area contributed by atoms with E-state index >= 15 is 0 Å². The van der Waals surface area contributed by atoms with Crippen molar-refractivity contribution >= 4 is 41.5 Å². The summed E-state index contributed by atoms with van der Waals surface area (Å²) >= 11 is 0. The van der Waals surface area contributed by atoms with Gasteiger partial charge in [0.25, 0.3) is 0 Å². The first-order chi connectivity index (χ1) is 12.0. The van der Waals surface area contributed by atoms with E-state index < -0.39 is 0 Å². The summed E-state index contributed by atoms with van der Waals surface area (Å²) in [7, 11) is 1.61. The summed E-state index contributed by atoms with van der Waals surface area (Å²) in [4.78, 5) is 16.0. The van der Waals surface area contributed by atoms with Crippen LogP contribution >= 0.6 is 24.0 Å². The zero-order valence-electron chi connectivity index (χ0n) is 16.2. The standard InChI is InChI=1S/C18H30N4O3.HI/c1-6-19-18(21-11-10-20-17(23)13(3)4)22-14-8-9-15(25-7-2)16(12-14)24-5;/h8-9,12-13H,6-7,10-11H2,1-5H3,(H,20,23)(H2,19,21,22);1H. The van der Waals surface area contributed by atoms with Gasteiger partial charge < -0.3 is 25.4 Å². The Labute approximate surface area is 173 Å². The number of carbonyl (C=O) groups is 1. The van der Waals surface area contributed by atoms with E-state index in [2.05, 4.69) is 20.9 Å². The lowest BCUT2D eigenvalue weighted by molar-refractivity contribution is -0.123. The fraction of sp³-hybridized carbons (Fsp3) is 0.556. The Bertz CT molecular complexity index is 580. The molecule has 1 aromatic rings. The Morgan fingerprint density at radius 2 is 1.92 bits per heavy atom. The van der Waals surface area contributed by atoms with E-state index in [1.54, 1.807) is 7.11 Å². The molecule has 0 aliphatic carbocycles. The molecule has 0 saturated carbocycles. The molecule has 1 rings (SSSR count). The average Bonchev–Trinajstić information content (AvgIpc) is 2.59. The Balaban J connectivity index is 0.00000625. The van der Waals surface area contributed by atoms with Gasteiger partial charge in [-0.2, -0.15) is 0 Å². The molecule has 0 aliphatic rings. The highest BCUT2D eigenvalue weighted by atomic mass is 127. The third kappa shape index (κ3) is 8.59. The van der Waals surface area contributed by atoms with Crippen LogP contribution in [0.2, 0.25) is 0 Å². The van der Waals surface area contributed by atoms with Gasteiger partial charge in [-0.15, -0.1) is 24.0 Å². The number of benzene rings is 1. The van der Waals surface area contributed by atoms with Crippen LogP contribution in [0, 0.1) is 5.92 Å². The molecule has 1 aromatic carbocycles. The number of rotatable bonds is 9. The number of aliphatic imine (C=N–C) groups is 1. The van der Waals surface area contributed by atoms with Crippen LogP contribution in [0.25, 0.3) is 0 Å². The zero-order chi connectivity index (χ0) is 18.7. The third-order valence-electron chi connectivity index (χ3n) is 3.28. The first kappa shape index (κ1) is 24.3. The van der Waals surface area contributed by atoms with E-state index in [4.69, 9.17) is 9.47 Å². The number of guanidine groups is 1. The maximum atomic E-state index is 11.5. The van der Waals surface area contributed by atoms with Crippen LogP contribution in [0.4, 0.5) is 5.69 Å². The van der Waals surface area contributed by atoms with Gasteiger partial charge in [0.05, 0.1) is 20.3 Å². The number of carbonyl (C=O) groups excluding carboxylic acids is 1. The summed E-state index contributed by atoms with van der Waals surface area (Å²) in [6.07, 6.45) is 0. The van der Waals surface area contributed by atoms with E-state index in [1.807, 2.05) is 45.9 Å². The van der Waals surface area contributed by atoms with Crippen LogP contribution in [0.3, 0.4) is 0 Å². The number of hydrogen-bond acceptors (Lipinski definition) is 4. The first-order valence-electron chi connectivity index (χ1n) is 8.65. The predicted octanol–water partition coefficient (Wildman–Crippen LogP) is 2.86. The summed E-state index contributed by atoms with van der Waals surface area (Å²) in [5.74, 6) is 2.02. The lowest BCUT2D eigenvalue weighted by atomic mass is 10.2. The SMILES string of the molecule is CCNC(=NCCNC(=O)C(C)C)Nc1ccc(OCC)c(OC)c1.I. The monoisotopic (exact) mass is 478 g/mol. The van der Waals surface area contributed by atoms with Crippen molar-refractivity contribution in [3.05, 3.63) is 18.2 Å². The Kier molecular flexibility index (Phi) is 12.6. The molecule has 0 unspecified atom stereocenters. The highest BCUT2D eigenvalue weighted by Crippen LogP contribution is 2.30. The van der Waals surface area contributed by atoms with Crippen LogP contribution in [-0.2, 0) is 4.79 Å². The molecule has 7 nitrogen and oxygen atoms in total. The lowest BCUT2D eigenvalue weighted by Crippen LogP contribution is -2.33. The fourth-order valence-corrected chi connectivity index (χ4v) is 2.01. The number of anilines is 1. The molecule has 0 radical (unpaired) electrons. The summed E-state index contributed by atoms with van der Waals surface area (Å²) in [6, 6.07) is 5.62. The van der Waals surface area contributed by atoms with Gasteiger partial charge in [0.15, 0.2) is 17.5 Å². The molecule has 0 heterocycles. The second-order valence-corrected chi connectivity index (χ2v) is 5.63. The molecular weight excluding hydrogens is 447 g/mol. The Morgan fingerprint density at radius 1 is 1.19 bits per heavy atom. The van der Waals surface area contributed by atoms with E-state index in [9.17, 15) is 4.79 Å². The molecule has 8 heteroatoms. The molecule has 148 valence electrons. The van der Waals surface area contributed by atoms with Crippen molar-refractivity contribution < 1.29 is 14.3 Å². The Morgan fingerprint density at radius 3 is 2.50 bits per heavy atom. The summed E-state index contributed by atoms with van der Waals surface area (Å²) in [6.45, 7) is 9.96. The smallest absolute Gasteiger partial charge is 0.222 e. The second kappa shape index (κ2) is 13.5. The first-order valence-corrected chi connectivity index (χ1v) is 8.65. The van der Waals surface area contributed by atoms with Gasteiger partial charge in [0, 0.05) is 30.8 Å². The molecule has 3 N–H and O–H groups in total. The second-order valence-electron chi connectivity index (χ2n) is 5.63. The summed E-state index contributed by atoms with van der Waals surface area (Å²) in [5, 5.41) is 9.24. The average molecular weight is 478 g/mol. The number of halogens is 1. The van der Waals surface area contributed by atoms with Crippen LogP contribution in [0.1, 0.15) is 27.7 Å². The van der Waals surface area contributed by atoms with Crippen LogP contribution in [0.5, 0.6) is 11.5 Å². The number of nitrogens with zero attached hydrogens (tertiary/aromatic N) is 1.